The summed E-state index contributed by atoms with van der Waals surface area (Å²) in [5, 5.41) is 10.6. The number of amides is 2. The van der Waals surface area contributed by atoms with Crippen molar-refractivity contribution in [3.05, 3.63) is 65.7 Å². The summed E-state index contributed by atoms with van der Waals surface area (Å²) in [6.07, 6.45) is 0.365. The number of nitrogens with zero attached hydrogens (tertiary/aromatic N) is 1. The molecule has 0 aliphatic carbocycles. The topological polar surface area (TPSA) is 83.6 Å². The van der Waals surface area contributed by atoms with Crippen molar-refractivity contribution in [2.75, 3.05) is 18.9 Å². The van der Waals surface area contributed by atoms with Crippen LogP contribution in [0.2, 0.25) is 0 Å². The van der Waals surface area contributed by atoms with Crippen LogP contribution in [-0.4, -0.2) is 35.0 Å². The van der Waals surface area contributed by atoms with E-state index in [-0.39, 0.29) is 25.0 Å². The van der Waals surface area contributed by atoms with Crippen molar-refractivity contribution >= 4 is 40.0 Å². The van der Waals surface area contributed by atoms with E-state index >= 15 is 0 Å². The van der Waals surface area contributed by atoms with Gasteiger partial charge < -0.3 is 10.8 Å². The molecule has 0 saturated carbocycles. The molecule has 3 aromatic carbocycles. The van der Waals surface area contributed by atoms with Gasteiger partial charge in [-0.2, -0.15) is 0 Å². The largest absolute Gasteiger partial charge is 0.398 e. The molecule has 0 aromatic heterocycles. The molecule has 1 aliphatic heterocycles. The standard InChI is InChI=1S/C21H18N2O3S/c22-16-7-1-2-8-18(16)27-17-10-9-15-19-13(17)5-3-6-14(19)20(25)23(21(15)26)11-4-12-24/h1-3,5-10,24H,4,11-12,22H2. The molecule has 0 radical (unpaired) electrons. The highest BCUT2D eigenvalue weighted by Gasteiger charge is 2.32. The van der Waals surface area contributed by atoms with Crippen molar-refractivity contribution in [2.24, 2.45) is 0 Å². The van der Waals surface area contributed by atoms with Crippen molar-refractivity contribution in [1.82, 2.24) is 4.90 Å². The van der Waals surface area contributed by atoms with E-state index in [4.69, 9.17) is 10.8 Å². The SMILES string of the molecule is Nc1ccccc1Sc1ccc2c3c(cccc13)C(=O)N(CCCO)C2=O. The van der Waals surface area contributed by atoms with Crippen LogP contribution in [0.1, 0.15) is 27.1 Å². The number of hydrogen-bond donors (Lipinski definition) is 2. The number of aliphatic hydroxyl groups excluding tert-OH is 1. The predicted molar refractivity (Wildman–Crippen MR) is 106 cm³/mol. The molecular weight excluding hydrogens is 360 g/mol. The number of imide groups is 1. The van der Waals surface area contributed by atoms with E-state index in [0.717, 1.165) is 15.2 Å². The van der Waals surface area contributed by atoms with Gasteiger partial charge in [0.2, 0.25) is 0 Å². The van der Waals surface area contributed by atoms with Crippen LogP contribution in [0.4, 0.5) is 5.69 Å². The van der Waals surface area contributed by atoms with E-state index in [9.17, 15) is 9.59 Å². The second kappa shape index (κ2) is 7.06. The van der Waals surface area contributed by atoms with Crippen molar-refractivity contribution in [1.29, 1.82) is 0 Å². The minimum atomic E-state index is -0.312. The van der Waals surface area contributed by atoms with E-state index in [2.05, 4.69) is 0 Å². The van der Waals surface area contributed by atoms with Crippen LogP contribution in [0.5, 0.6) is 0 Å². The van der Waals surface area contributed by atoms with Gasteiger partial charge in [-0.3, -0.25) is 14.5 Å². The third-order valence-electron chi connectivity index (χ3n) is 4.63. The van der Waals surface area contributed by atoms with E-state index in [1.807, 2.05) is 42.5 Å². The highest BCUT2D eigenvalue weighted by Crippen LogP contribution is 2.40. The number of benzene rings is 3. The molecule has 3 aromatic rings. The molecule has 136 valence electrons. The monoisotopic (exact) mass is 378 g/mol. The van der Waals surface area contributed by atoms with Crippen molar-refractivity contribution in [3.8, 4) is 0 Å². The molecule has 6 heteroatoms. The number of hydrogen-bond acceptors (Lipinski definition) is 5. The summed E-state index contributed by atoms with van der Waals surface area (Å²) < 4.78 is 0. The number of carbonyl (C=O) groups excluding carboxylic acids is 2. The maximum absolute atomic E-state index is 12.8. The lowest BCUT2D eigenvalue weighted by atomic mass is 9.94. The van der Waals surface area contributed by atoms with Crippen molar-refractivity contribution < 1.29 is 14.7 Å². The molecular formula is C21H18N2O3S. The van der Waals surface area contributed by atoms with Gasteiger partial charge in [-0.1, -0.05) is 36.0 Å². The number of anilines is 1. The molecule has 27 heavy (non-hydrogen) atoms. The molecule has 2 amide bonds. The molecule has 0 fully saturated rings. The van der Waals surface area contributed by atoms with Crippen LogP contribution in [-0.2, 0) is 0 Å². The summed E-state index contributed by atoms with van der Waals surface area (Å²) in [4.78, 5) is 28.8. The first-order valence-electron chi connectivity index (χ1n) is 8.67. The Bertz CT molecular complexity index is 1040. The average molecular weight is 378 g/mol. The van der Waals surface area contributed by atoms with Gasteiger partial charge in [0.15, 0.2) is 0 Å². The fraction of sp³-hybridized carbons (Fsp3) is 0.143. The maximum atomic E-state index is 12.8. The fourth-order valence-corrected chi connectivity index (χ4v) is 4.32. The highest BCUT2D eigenvalue weighted by molar-refractivity contribution is 7.99. The molecule has 1 aliphatic rings. The Morgan fingerprint density at radius 1 is 0.889 bits per heavy atom. The number of aliphatic hydroxyl groups is 1. The molecule has 0 saturated heterocycles. The van der Waals surface area contributed by atoms with Gasteiger partial charge in [-0.15, -0.1) is 0 Å². The number of para-hydroxylation sites is 1. The lowest BCUT2D eigenvalue weighted by Gasteiger charge is -2.27. The van der Waals surface area contributed by atoms with Crippen LogP contribution in [0.15, 0.2) is 64.4 Å². The first kappa shape index (κ1) is 17.6. The molecule has 3 N–H and O–H groups in total. The summed E-state index contributed by atoms with van der Waals surface area (Å²) >= 11 is 1.52. The Morgan fingerprint density at radius 2 is 1.63 bits per heavy atom. The number of carbonyl (C=O) groups is 2. The molecule has 4 rings (SSSR count). The quantitative estimate of drug-likeness (QED) is 0.524. The smallest absolute Gasteiger partial charge is 0.261 e. The normalized spacial score (nSPS) is 13.4. The second-order valence-corrected chi connectivity index (χ2v) is 7.40. The van der Waals surface area contributed by atoms with E-state index in [0.29, 0.717) is 28.6 Å². The van der Waals surface area contributed by atoms with Gasteiger partial charge in [0.25, 0.3) is 11.8 Å². The first-order valence-corrected chi connectivity index (χ1v) is 9.48. The third kappa shape index (κ3) is 2.97. The third-order valence-corrected chi connectivity index (χ3v) is 5.80. The average Bonchev–Trinajstić information content (AvgIpc) is 2.68. The molecule has 5 nitrogen and oxygen atoms in total. The number of rotatable bonds is 5. The number of nitrogens with two attached hydrogens (primary N) is 1. The first-order chi connectivity index (χ1) is 13.1. The summed E-state index contributed by atoms with van der Waals surface area (Å²) in [5.74, 6) is -0.624. The molecule has 1 heterocycles. The van der Waals surface area contributed by atoms with Crippen molar-refractivity contribution in [2.45, 2.75) is 16.2 Å². The van der Waals surface area contributed by atoms with Crippen LogP contribution in [0.25, 0.3) is 10.8 Å². The lowest BCUT2D eigenvalue weighted by Crippen LogP contribution is -2.41. The fourth-order valence-electron chi connectivity index (χ4n) is 3.33. The Kier molecular flexibility index (Phi) is 4.59. The van der Waals surface area contributed by atoms with Gasteiger partial charge >= 0.3 is 0 Å². The van der Waals surface area contributed by atoms with Crippen LogP contribution in [0, 0.1) is 0 Å². The highest BCUT2D eigenvalue weighted by atomic mass is 32.2. The second-order valence-electron chi connectivity index (χ2n) is 6.32. The Morgan fingerprint density at radius 3 is 2.37 bits per heavy atom. The summed E-state index contributed by atoms with van der Waals surface area (Å²) in [6, 6.07) is 16.8. The van der Waals surface area contributed by atoms with E-state index in [1.54, 1.807) is 12.1 Å². The van der Waals surface area contributed by atoms with Gasteiger partial charge in [0.05, 0.1) is 0 Å². The Balaban J connectivity index is 1.84. The molecule has 0 atom stereocenters. The van der Waals surface area contributed by atoms with Crippen LogP contribution >= 0.6 is 11.8 Å². The zero-order chi connectivity index (χ0) is 19.0. The van der Waals surface area contributed by atoms with Gasteiger partial charge in [0, 0.05) is 45.1 Å². The van der Waals surface area contributed by atoms with Crippen LogP contribution in [0.3, 0.4) is 0 Å². The lowest BCUT2D eigenvalue weighted by molar-refractivity contribution is 0.0601. The summed E-state index contributed by atoms with van der Waals surface area (Å²) in [5.41, 5.74) is 7.78. The molecule has 0 spiro atoms. The summed E-state index contributed by atoms with van der Waals surface area (Å²) in [6.45, 7) is 0.142. The van der Waals surface area contributed by atoms with Gasteiger partial charge in [-0.25, -0.2) is 0 Å². The number of nitrogen functional groups attached to an aromatic ring is 1. The molecule has 0 bridgehead atoms. The summed E-state index contributed by atoms with van der Waals surface area (Å²) in [7, 11) is 0. The zero-order valence-electron chi connectivity index (χ0n) is 14.5. The van der Waals surface area contributed by atoms with E-state index < -0.39 is 0 Å². The van der Waals surface area contributed by atoms with Gasteiger partial charge in [-0.05, 0) is 42.1 Å². The molecule has 0 unspecified atom stereocenters. The van der Waals surface area contributed by atoms with Crippen LogP contribution < -0.4 is 5.73 Å². The van der Waals surface area contributed by atoms with Crippen molar-refractivity contribution in [3.63, 3.8) is 0 Å². The minimum absolute atomic E-state index is 0.0673. The Labute approximate surface area is 160 Å². The Hall–Kier alpha value is -2.83. The van der Waals surface area contributed by atoms with E-state index in [1.165, 1.54) is 16.7 Å². The van der Waals surface area contributed by atoms with Gasteiger partial charge in [0.1, 0.15) is 0 Å². The predicted octanol–water partition coefficient (Wildman–Crippen LogP) is 3.55. The minimum Gasteiger partial charge on any atom is -0.398 e. The zero-order valence-corrected chi connectivity index (χ0v) is 15.3. The maximum Gasteiger partial charge on any atom is 0.261 e.